The topological polar surface area (TPSA) is 97.5 Å². The Morgan fingerprint density at radius 1 is 1.15 bits per heavy atom. The van der Waals surface area contributed by atoms with E-state index in [1.807, 2.05) is 42.5 Å². The number of aryl methyl sites for hydroxylation is 1. The van der Waals surface area contributed by atoms with Crippen LogP contribution in [0.25, 0.3) is 11.0 Å². The molecule has 4 N–H and O–H groups in total. The Kier molecular flexibility index (Phi) is 7.71. The van der Waals surface area contributed by atoms with E-state index in [9.17, 15) is 0 Å². The molecule has 144 valence electrons. The van der Waals surface area contributed by atoms with Crippen molar-refractivity contribution in [3.05, 3.63) is 48.3 Å². The van der Waals surface area contributed by atoms with E-state index in [1.54, 1.807) is 14.2 Å². The van der Waals surface area contributed by atoms with Gasteiger partial charge in [-0.1, -0.05) is 12.1 Å². The van der Waals surface area contributed by atoms with Gasteiger partial charge in [-0.05, 0) is 30.7 Å². The molecule has 7 nitrogen and oxygen atoms in total. The van der Waals surface area contributed by atoms with Crippen LogP contribution >= 0.6 is 24.0 Å². The van der Waals surface area contributed by atoms with Crippen molar-refractivity contribution in [3.63, 3.8) is 0 Å². The number of rotatable bonds is 7. The first-order chi connectivity index (χ1) is 12.7. The summed E-state index contributed by atoms with van der Waals surface area (Å²) in [6.45, 7) is 0.614. The lowest BCUT2D eigenvalue weighted by atomic mass is 10.3. The Labute approximate surface area is 175 Å². The number of halogens is 1. The summed E-state index contributed by atoms with van der Waals surface area (Å²) in [4.78, 5) is 12.2. The molecule has 1 aromatic heterocycles. The van der Waals surface area contributed by atoms with Gasteiger partial charge in [-0.3, -0.25) is 4.99 Å². The Hall–Kier alpha value is -2.49. The minimum Gasteiger partial charge on any atom is -0.493 e. The number of nitrogens with one attached hydrogen (secondary N) is 2. The molecule has 0 radical (unpaired) electrons. The Morgan fingerprint density at radius 2 is 1.93 bits per heavy atom. The molecule has 0 aliphatic carbocycles. The number of para-hydroxylation sites is 2. The first-order valence-corrected chi connectivity index (χ1v) is 8.42. The van der Waals surface area contributed by atoms with Gasteiger partial charge in [-0.2, -0.15) is 0 Å². The second-order valence-corrected chi connectivity index (χ2v) is 5.77. The third-order valence-electron chi connectivity index (χ3n) is 3.95. The lowest BCUT2D eigenvalue weighted by Crippen LogP contribution is -2.23. The number of H-pyrrole nitrogens is 1. The molecule has 0 saturated heterocycles. The summed E-state index contributed by atoms with van der Waals surface area (Å²) in [5.74, 6) is 2.63. The van der Waals surface area contributed by atoms with Gasteiger partial charge in [-0.25, -0.2) is 4.98 Å². The van der Waals surface area contributed by atoms with Crippen molar-refractivity contribution in [2.45, 2.75) is 12.8 Å². The fourth-order valence-electron chi connectivity index (χ4n) is 2.67. The summed E-state index contributed by atoms with van der Waals surface area (Å²) in [5, 5.41) is 3.06. The number of methoxy groups -OCH3 is 2. The van der Waals surface area contributed by atoms with Crippen molar-refractivity contribution in [3.8, 4) is 11.5 Å². The molecule has 0 saturated carbocycles. The van der Waals surface area contributed by atoms with E-state index in [-0.39, 0.29) is 24.0 Å². The third kappa shape index (κ3) is 5.49. The molecule has 8 heteroatoms. The molecule has 3 aromatic rings. The standard InChI is InChI=1S/C19H23N5O2.HI/c1-25-16-10-9-13(12-17(16)26-2)22-19(20)21-11-5-8-18-23-14-6-3-4-7-15(14)24-18;/h3-4,6-7,9-10,12H,5,8,11H2,1-2H3,(H,23,24)(H3,20,21,22);1H. The average Bonchev–Trinajstić information content (AvgIpc) is 3.08. The normalized spacial score (nSPS) is 11.1. The molecule has 1 heterocycles. The second-order valence-electron chi connectivity index (χ2n) is 5.77. The Balaban J connectivity index is 0.00000261. The van der Waals surface area contributed by atoms with Gasteiger partial charge in [0.25, 0.3) is 0 Å². The van der Waals surface area contributed by atoms with Crippen LogP contribution in [0.4, 0.5) is 5.69 Å². The minimum absolute atomic E-state index is 0. The zero-order chi connectivity index (χ0) is 18.4. The van der Waals surface area contributed by atoms with Gasteiger partial charge in [0.15, 0.2) is 17.5 Å². The highest BCUT2D eigenvalue weighted by molar-refractivity contribution is 14.0. The van der Waals surface area contributed by atoms with Gasteiger partial charge in [0.1, 0.15) is 5.82 Å². The fraction of sp³-hybridized carbons (Fsp3) is 0.263. The highest BCUT2D eigenvalue weighted by Crippen LogP contribution is 2.29. The van der Waals surface area contributed by atoms with E-state index in [0.717, 1.165) is 35.4 Å². The number of hydrogen-bond acceptors (Lipinski definition) is 4. The molecule has 0 aliphatic heterocycles. The number of benzene rings is 2. The first-order valence-electron chi connectivity index (χ1n) is 8.42. The van der Waals surface area contributed by atoms with E-state index in [2.05, 4.69) is 20.3 Å². The molecule has 27 heavy (non-hydrogen) atoms. The van der Waals surface area contributed by atoms with Crippen LogP contribution in [0.3, 0.4) is 0 Å². The molecule has 0 atom stereocenters. The number of nitrogens with zero attached hydrogens (tertiary/aromatic N) is 2. The SMILES string of the molecule is COc1ccc(NC(N)=NCCCc2nc3ccccc3[nH]2)cc1OC.I. The van der Waals surface area contributed by atoms with Crippen molar-refractivity contribution in [1.29, 1.82) is 0 Å². The van der Waals surface area contributed by atoms with Crippen LogP contribution in [0.15, 0.2) is 47.5 Å². The van der Waals surface area contributed by atoms with Gasteiger partial charge in [0.05, 0.1) is 25.3 Å². The van der Waals surface area contributed by atoms with Gasteiger partial charge in [0.2, 0.25) is 0 Å². The highest BCUT2D eigenvalue weighted by atomic mass is 127. The van der Waals surface area contributed by atoms with Crippen LogP contribution in [-0.2, 0) is 6.42 Å². The number of hydrogen-bond donors (Lipinski definition) is 3. The highest BCUT2D eigenvalue weighted by Gasteiger charge is 2.05. The minimum atomic E-state index is 0. The van der Waals surface area contributed by atoms with Crippen LogP contribution < -0.4 is 20.5 Å². The largest absolute Gasteiger partial charge is 0.493 e. The number of aliphatic imine (C=N–C) groups is 1. The van der Waals surface area contributed by atoms with Crippen LogP contribution in [0.2, 0.25) is 0 Å². The molecule has 3 rings (SSSR count). The van der Waals surface area contributed by atoms with Gasteiger partial charge in [-0.15, -0.1) is 24.0 Å². The molecule has 0 fully saturated rings. The number of ether oxygens (including phenoxy) is 2. The Morgan fingerprint density at radius 3 is 2.67 bits per heavy atom. The van der Waals surface area contributed by atoms with Crippen molar-refractivity contribution in [2.75, 3.05) is 26.1 Å². The van der Waals surface area contributed by atoms with Crippen LogP contribution in [0, 0.1) is 0 Å². The maximum absolute atomic E-state index is 5.95. The molecular weight excluding hydrogens is 457 g/mol. The molecule has 0 aliphatic rings. The van der Waals surface area contributed by atoms with Crippen LogP contribution in [0.5, 0.6) is 11.5 Å². The van der Waals surface area contributed by atoms with Gasteiger partial charge in [0, 0.05) is 24.7 Å². The number of aromatic amines is 1. The monoisotopic (exact) mass is 481 g/mol. The van der Waals surface area contributed by atoms with Gasteiger partial charge >= 0.3 is 0 Å². The van der Waals surface area contributed by atoms with E-state index >= 15 is 0 Å². The van der Waals surface area contributed by atoms with Crippen molar-refractivity contribution < 1.29 is 9.47 Å². The number of fused-ring (bicyclic) bond motifs is 1. The zero-order valence-corrected chi connectivity index (χ0v) is 17.7. The third-order valence-corrected chi connectivity index (χ3v) is 3.95. The Bertz CT molecular complexity index is 877. The van der Waals surface area contributed by atoms with E-state index in [1.165, 1.54) is 0 Å². The molecule has 0 spiro atoms. The molecule has 2 aromatic carbocycles. The molecule has 0 amide bonds. The first kappa shape index (κ1) is 20.8. The predicted octanol–water partition coefficient (Wildman–Crippen LogP) is 3.56. The van der Waals surface area contributed by atoms with Crippen LogP contribution in [0.1, 0.15) is 12.2 Å². The number of imidazole rings is 1. The molecular formula is C19H24IN5O2. The van der Waals surface area contributed by atoms with Crippen molar-refractivity contribution in [2.24, 2.45) is 10.7 Å². The number of nitrogens with two attached hydrogens (primary N) is 1. The van der Waals surface area contributed by atoms with E-state index in [0.29, 0.717) is 24.0 Å². The lowest BCUT2D eigenvalue weighted by Gasteiger charge is -2.10. The summed E-state index contributed by atoms with van der Waals surface area (Å²) < 4.78 is 10.5. The predicted molar refractivity (Wildman–Crippen MR) is 119 cm³/mol. The van der Waals surface area contributed by atoms with Crippen molar-refractivity contribution in [1.82, 2.24) is 9.97 Å². The van der Waals surface area contributed by atoms with Gasteiger partial charge < -0.3 is 25.5 Å². The smallest absolute Gasteiger partial charge is 0.193 e. The summed E-state index contributed by atoms with van der Waals surface area (Å²) in [6.07, 6.45) is 1.68. The summed E-state index contributed by atoms with van der Waals surface area (Å²) >= 11 is 0. The van der Waals surface area contributed by atoms with E-state index in [4.69, 9.17) is 15.2 Å². The summed E-state index contributed by atoms with van der Waals surface area (Å²) in [6, 6.07) is 13.5. The lowest BCUT2D eigenvalue weighted by molar-refractivity contribution is 0.355. The van der Waals surface area contributed by atoms with Crippen molar-refractivity contribution >= 4 is 46.7 Å². The summed E-state index contributed by atoms with van der Waals surface area (Å²) in [5.41, 5.74) is 8.79. The number of guanidine groups is 1. The summed E-state index contributed by atoms with van der Waals surface area (Å²) in [7, 11) is 3.19. The quantitative estimate of drug-likeness (QED) is 0.208. The average molecular weight is 481 g/mol. The number of aromatic nitrogens is 2. The fourth-order valence-corrected chi connectivity index (χ4v) is 2.67. The number of anilines is 1. The van der Waals surface area contributed by atoms with E-state index < -0.39 is 0 Å². The second kappa shape index (κ2) is 10.0. The van der Waals surface area contributed by atoms with Crippen LogP contribution in [-0.4, -0.2) is 36.7 Å². The zero-order valence-electron chi connectivity index (χ0n) is 15.4. The maximum atomic E-state index is 5.95. The maximum Gasteiger partial charge on any atom is 0.193 e. The molecule has 0 bridgehead atoms. The molecule has 0 unspecified atom stereocenters.